The largest absolute Gasteiger partial charge is 0.466 e. The van der Waals surface area contributed by atoms with Crippen molar-refractivity contribution in [1.29, 1.82) is 0 Å². The van der Waals surface area contributed by atoms with Crippen LogP contribution in [0.25, 0.3) is 0 Å². The van der Waals surface area contributed by atoms with Crippen molar-refractivity contribution in [2.24, 2.45) is 0 Å². The highest BCUT2D eigenvalue weighted by Gasteiger charge is 2.26. The van der Waals surface area contributed by atoms with Crippen LogP contribution >= 0.6 is 11.8 Å². The van der Waals surface area contributed by atoms with Gasteiger partial charge in [0.05, 0.1) is 19.1 Å². The third kappa shape index (κ3) is 5.27. The normalized spacial score (nSPS) is 25.8. The minimum absolute atomic E-state index is 0.0808. The van der Waals surface area contributed by atoms with E-state index in [0.717, 1.165) is 6.42 Å². The number of nitrogens with one attached hydrogen (secondary N) is 1. The summed E-state index contributed by atoms with van der Waals surface area (Å²) in [5, 5.41) is 13.7. The molecular formula is C12H23NO3S. The molecule has 5 heteroatoms. The first-order valence-corrected chi connectivity index (χ1v) is 7.56. The van der Waals surface area contributed by atoms with E-state index in [1.54, 1.807) is 6.92 Å². The van der Waals surface area contributed by atoms with E-state index in [-0.39, 0.29) is 12.4 Å². The number of hydrogen-bond donors (Lipinski definition) is 2. The van der Waals surface area contributed by atoms with Gasteiger partial charge >= 0.3 is 5.97 Å². The van der Waals surface area contributed by atoms with Gasteiger partial charge in [-0.3, -0.25) is 4.79 Å². The summed E-state index contributed by atoms with van der Waals surface area (Å²) in [5.41, 5.74) is 0. The fourth-order valence-corrected chi connectivity index (χ4v) is 3.18. The summed E-state index contributed by atoms with van der Waals surface area (Å²) in [6.07, 6.45) is 5.22. The van der Waals surface area contributed by atoms with E-state index in [1.807, 2.05) is 11.8 Å². The van der Waals surface area contributed by atoms with Gasteiger partial charge in [0.1, 0.15) is 0 Å². The number of aliphatic hydroxyl groups is 1. The molecule has 1 fully saturated rings. The molecule has 17 heavy (non-hydrogen) atoms. The molecule has 100 valence electrons. The quantitative estimate of drug-likeness (QED) is 0.674. The van der Waals surface area contributed by atoms with E-state index < -0.39 is 6.10 Å². The van der Waals surface area contributed by atoms with E-state index in [1.165, 1.54) is 12.8 Å². The van der Waals surface area contributed by atoms with Crippen molar-refractivity contribution in [3.63, 3.8) is 0 Å². The van der Waals surface area contributed by atoms with Gasteiger partial charge in [-0.2, -0.15) is 11.8 Å². The Balaban J connectivity index is 2.18. The molecule has 0 spiro atoms. The van der Waals surface area contributed by atoms with Crippen molar-refractivity contribution in [2.45, 2.75) is 50.0 Å². The van der Waals surface area contributed by atoms with Crippen LogP contribution in [0.3, 0.4) is 0 Å². The van der Waals surface area contributed by atoms with E-state index in [2.05, 4.69) is 11.6 Å². The predicted octanol–water partition coefficient (Wildman–Crippen LogP) is 1.17. The van der Waals surface area contributed by atoms with Crippen molar-refractivity contribution < 1.29 is 14.6 Å². The lowest BCUT2D eigenvalue weighted by atomic mass is 10.2. The Kier molecular flexibility index (Phi) is 6.92. The summed E-state index contributed by atoms with van der Waals surface area (Å²) >= 11 is 1.88. The minimum atomic E-state index is -0.642. The third-order valence-corrected chi connectivity index (χ3v) is 4.25. The highest BCUT2D eigenvalue weighted by molar-refractivity contribution is 7.99. The van der Waals surface area contributed by atoms with Crippen molar-refractivity contribution in [2.75, 3.05) is 19.4 Å². The van der Waals surface area contributed by atoms with Crippen molar-refractivity contribution in [3.8, 4) is 0 Å². The molecule has 0 heterocycles. The summed E-state index contributed by atoms with van der Waals surface area (Å²) in [5.74, 6) is -0.324. The van der Waals surface area contributed by atoms with Crippen LogP contribution < -0.4 is 5.32 Å². The topological polar surface area (TPSA) is 58.6 Å². The third-order valence-electron chi connectivity index (χ3n) is 3.08. The number of esters is 1. The average Bonchev–Trinajstić information content (AvgIpc) is 2.73. The van der Waals surface area contributed by atoms with Gasteiger partial charge in [0, 0.05) is 17.8 Å². The molecule has 0 amide bonds. The van der Waals surface area contributed by atoms with Crippen molar-refractivity contribution >= 4 is 17.7 Å². The molecule has 2 N–H and O–H groups in total. The molecular weight excluding hydrogens is 238 g/mol. The molecule has 0 aromatic carbocycles. The van der Waals surface area contributed by atoms with Crippen LogP contribution in [0.2, 0.25) is 0 Å². The SMILES string of the molecule is CCOC(=O)CC(O)CNC1CCCC1SC. The lowest BCUT2D eigenvalue weighted by molar-refractivity contribution is -0.145. The first-order chi connectivity index (χ1) is 8.17. The Morgan fingerprint density at radius 1 is 1.59 bits per heavy atom. The van der Waals surface area contributed by atoms with Crippen LogP contribution in [0.1, 0.15) is 32.6 Å². The minimum Gasteiger partial charge on any atom is -0.466 e. The Morgan fingerprint density at radius 2 is 2.35 bits per heavy atom. The number of carbonyl (C=O) groups is 1. The Morgan fingerprint density at radius 3 is 3.00 bits per heavy atom. The summed E-state index contributed by atoms with van der Waals surface area (Å²) in [7, 11) is 0. The number of aliphatic hydroxyl groups excluding tert-OH is 1. The zero-order valence-corrected chi connectivity index (χ0v) is 11.5. The average molecular weight is 261 g/mol. The number of thioether (sulfide) groups is 1. The second-order valence-corrected chi connectivity index (χ2v) is 5.46. The highest BCUT2D eigenvalue weighted by Crippen LogP contribution is 2.28. The highest BCUT2D eigenvalue weighted by atomic mass is 32.2. The molecule has 0 aromatic rings. The van der Waals surface area contributed by atoms with Gasteiger partial charge in [0.25, 0.3) is 0 Å². The van der Waals surface area contributed by atoms with Crippen LogP contribution in [0.15, 0.2) is 0 Å². The molecule has 1 aliphatic carbocycles. The summed E-state index contributed by atoms with van der Waals surface area (Å²) in [6, 6.07) is 0.474. The molecule has 1 aliphatic rings. The monoisotopic (exact) mass is 261 g/mol. The van der Waals surface area contributed by atoms with Crippen LogP contribution in [-0.4, -0.2) is 47.9 Å². The van der Waals surface area contributed by atoms with Crippen LogP contribution in [0.4, 0.5) is 0 Å². The Labute approximate surface area is 107 Å². The maximum Gasteiger partial charge on any atom is 0.308 e. The zero-order valence-electron chi connectivity index (χ0n) is 10.6. The fourth-order valence-electron chi connectivity index (χ4n) is 2.21. The van der Waals surface area contributed by atoms with Gasteiger partial charge in [0.15, 0.2) is 0 Å². The standard InChI is InChI=1S/C12H23NO3S/c1-3-16-12(15)7-9(14)8-13-10-5-4-6-11(10)17-2/h9-11,13-14H,3-8H2,1-2H3. The van der Waals surface area contributed by atoms with E-state index >= 15 is 0 Å². The summed E-state index contributed by atoms with van der Waals surface area (Å²) < 4.78 is 4.80. The summed E-state index contributed by atoms with van der Waals surface area (Å²) in [6.45, 7) is 2.61. The summed E-state index contributed by atoms with van der Waals surface area (Å²) in [4.78, 5) is 11.2. The van der Waals surface area contributed by atoms with Crippen LogP contribution in [0, 0.1) is 0 Å². The molecule has 4 nitrogen and oxygen atoms in total. The van der Waals surface area contributed by atoms with Gasteiger partial charge in [-0.15, -0.1) is 0 Å². The smallest absolute Gasteiger partial charge is 0.308 e. The molecule has 0 bridgehead atoms. The van der Waals surface area contributed by atoms with Gasteiger partial charge in [0.2, 0.25) is 0 Å². The first kappa shape index (κ1) is 14.8. The van der Waals surface area contributed by atoms with Gasteiger partial charge in [-0.25, -0.2) is 0 Å². The number of rotatable bonds is 7. The molecule has 0 aliphatic heterocycles. The van der Waals surface area contributed by atoms with E-state index in [4.69, 9.17) is 4.74 Å². The lowest BCUT2D eigenvalue weighted by Gasteiger charge is -2.20. The zero-order chi connectivity index (χ0) is 12.7. The first-order valence-electron chi connectivity index (χ1n) is 6.27. The second-order valence-electron chi connectivity index (χ2n) is 4.38. The fraction of sp³-hybridized carbons (Fsp3) is 0.917. The van der Waals surface area contributed by atoms with Gasteiger partial charge in [-0.05, 0) is 26.0 Å². The lowest BCUT2D eigenvalue weighted by Crippen LogP contribution is -2.39. The van der Waals surface area contributed by atoms with E-state index in [9.17, 15) is 9.90 Å². The number of hydrogen-bond acceptors (Lipinski definition) is 5. The van der Waals surface area contributed by atoms with Crippen LogP contribution in [-0.2, 0) is 9.53 Å². The maximum absolute atomic E-state index is 11.2. The predicted molar refractivity (Wildman–Crippen MR) is 70.2 cm³/mol. The Bertz CT molecular complexity index is 238. The second kappa shape index (κ2) is 7.95. The molecule has 0 saturated heterocycles. The molecule has 0 radical (unpaired) electrons. The van der Waals surface area contributed by atoms with Gasteiger partial charge in [-0.1, -0.05) is 6.42 Å². The van der Waals surface area contributed by atoms with E-state index in [0.29, 0.717) is 24.4 Å². The van der Waals surface area contributed by atoms with Crippen molar-refractivity contribution in [1.82, 2.24) is 5.32 Å². The molecule has 3 unspecified atom stereocenters. The van der Waals surface area contributed by atoms with Crippen molar-refractivity contribution in [3.05, 3.63) is 0 Å². The van der Waals surface area contributed by atoms with Gasteiger partial charge < -0.3 is 15.2 Å². The maximum atomic E-state index is 11.2. The number of carbonyl (C=O) groups excluding carboxylic acids is 1. The Hall–Kier alpha value is -0.260. The number of ether oxygens (including phenoxy) is 1. The van der Waals surface area contributed by atoms with Crippen LogP contribution in [0.5, 0.6) is 0 Å². The molecule has 1 rings (SSSR count). The molecule has 0 aromatic heterocycles. The molecule has 3 atom stereocenters. The molecule has 1 saturated carbocycles.